The third kappa shape index (κ3) is 3.93. The Morgan fingerprint density at radius 3 is 2.82 bits per heavy atom. The largest absolute Gasteiger partial charge is 0.366 e. The van der Waals surface area contributed by atoms with Crippen LogP contribution in [0.5, 0.6) is 0 Å². The van der Waals surface area contributed by atoms with E-state index in [2.05, 4.69) is 21.8 Å². The summed E-state index contributed by atoms with van der Waals surface area (Å²) in [7, 11) is 0. The number of fused-ring (bicyclic) bond motifs is 1. The fourth-order valence-electron chi connectivity index (χ4n) is 3.42. The van der Waals surface area contributed by atoms with Gasteiger partial charge in [0.25, 0.3) is 0 Å². The smallest absolute Gasteiger partial charge is 0.248 e. The average Bonchev–Trinajstić information content (AvgIpc) is 3.07. The number of hydrogen-bond acceptors (Lipinski definition) is 4. The summed E-state index contributed by atoms with van der Waals surface area (Å²) < 4.78 is 14.2. The van der Waals surface area contributed by atoms with Gasteiger partial charge < -0.3 is 9.88 Å². The molecule has 4 nitrogen and oxygen atoms in total. The molecular weight excluding hydrogens is 397 g/mol. The lowest BCUT2D eigenvalue weighted by Gasteiger charge is -2.29. The summed E-state index contributed by atoms with van der Waals surface area (Å²) in [5.41, 5.74) is 3.55. The van der Waals surface area contributed by atoms with E-state index in [1.165, 1.54) is 6.07 Å². The first-order valence-electron chi connectivity index (χ1n) is 8.99. The first-order chi connectivity index (χ1) is 13.5. The van der Waals surface area contributed by atoms with Crippen molar-refractivity contribution in [1.29, 1.82) is 0 Å². The minimum absolute atomic E-state index is 0.208. The normalized spacial score (nSPS) is 18.7. The molecule has 0 spiro atoms. The Balaban J connectivity index is 1.74. The van der Waals surface area contributed by atoms with Gasteiger partial charge in [0.05, 0.1) is 22.4 Å². The molecule has 1 N–H and O–H groups in total. The van der Waals surface area contributed by atoms with Gasteiger partial charge in [0.1, 0.15) is 5.82 Å². The third-order valence-corrected chi connectivity index (χ3v) is 6.29. The predicted octanol–water partition coefficient (Wildman–Crippen LogP) is 4.86. The van der Waals surface area contributed by atoms with Crippen LogP contribution in [0.15, 0.2) is 58.3 Å². The van der Waals surface area contributed by atoms with Crippen LogP contribution in [0.25, 0.3) is 10.9 Å². The van der Waals surface area contributed by atoms with Crippen molar-refractivity contribution in [3.8, 4) is 0 Å². The number of halogens is 2. The van der Waals surface area contributed by atoms with Crippen molar-refractivity contribution >= 4 is 45.5 Å². The number of thioether (sulfide) groups is 1. The Kier molecular flexibility index (Phi) is 5.42. The van der Waals surface area contributed by atoms with Gasteiger partial charge in [-0.15, -0.1) is 11.8 Å². The minimum atomic E-state index is -0.431. The highest BCUT2D eigenvalue weighted by Crippen LogP contribution is 2.29. The lowest BCUT2D eigenvalue weighted by atomic mass is 10.1. The lowest BCUT2D eigenvalue weighted by molar-refractivity contribution is 0.636. The van der Waals surface area contributed by atoms with Crippen LogP contribution >= 0.6 is 23.4 Å². The maximum atomic E-state index is 14.2. The quantitative estimate of drug-likeness (QED) is 0.647. The molecule has 0 radical (unpaired) electrons. The molecule has 7 heteroatoms. The maximum Gasteiger partial charge on any atom is 0.248 e. The number of aliphatic imine (C=N–C) groups is 1. The summed E-state index contributed by atoms with van der Waals surface area (Å²) in [5.74, 6) is -0.431. The van der Waals surface area contributed by atoms with Crippen LogP contribution in [-0.4, -0.2) is 28.4 Å². The van der Waals surface area contributed by atoms with Crippen LogP contribution in [0.4, 0.5) is 10.1 Å². The molecule has 2 unspecified atom stereocenters. The van der Waals surface area contributed by atoms with E-state index in [0.717, 1.165) is 17.8 Å². The van der Waals surface area contributed by atoms with Crippen molar-refractivity contribution in [2.45, 2.75) is 24.8 Å². The number of nitrogens with zero attached hydrogens (tertiary/aromatic N) is 2. The second kappa shape index (κ2) is 7.97. The number of benzene rings is 2. The van der Waals surface area contributed by atoms with Crippen LogP contribution in [0.1, 0.15) is 12.5 Å². The Bertz CT molecular complexity index is 1100. The molecule has 1 aliphatic rings. The highest BCUT2D eigenvalue weighted by atomic mass is 35.5. The molecule has 28 heavy (non-hydrogen) atoms. The number of pyridine rings is 1. The number of aromatic amines is 1. The summed E-state index contributed by atoms with van der Waals surface area (Å²) in [6.45, 7) is 3.29. The van der Waals surface area contributed by atoms with Crippen molar-refractivity contribution in [2.75, 3.05) is 11.4 Å². The first kappa shape index (κ1) is 19.0. The standard InChI is InChI=1S/C21H19ClFN3OS/c1-13-19(28-12-24-13)11-26(16-5-2-4-15(22)9-16)10-14-8-20(27)25-21-17(14)6-3-7-18(21)23/h2-9,12-13,19H,10-11H2,1H3,(H,25,27). The molecule has 144 valence electrons. The number of aromatic nitrogens is 1. The van der Waals surface area contributed by atoms with Crippen LogP contribution in [0, 0.1) is 5.82 Å². The van der Waals surface area contributed by atoms with Crippen LogP contribution < -0.4 is 10.5 Å². The summed E-state index contributed by atoms with van der Waals surface area (Å²) in [6, 6.07) is 14.2. The van der Waals surface area contributed by atoms with Gasteiger partial charge in [-0.2, -0.15) is 0 Å². The highest BCUT2D eigenvalue weighted by Gasteiger charge is 2.24. The van der Waals surface area contributed by atoms with E-state index >= 15 is 0 Å². The summed E-state index contributed by atoms with van der Waals surface area (Å²) in [6.07, 6.45) is 0. The fraction of sp³-hybridized carbons (Fsp3) is 0.238. The zero-order valence-electron chi connectivity index (χ0n) is 15.2. The van der Waals surface area contributed by atoms with Crippen molar-refractivity contribution < 1.29 is 4.39 Å². The van der Waals surface area contributed by atoms with E-state index in [-0.39, 0.29) is 17.1 Å². The fourth-order valence-corrected chi connectivity index (χ4v) is 4.58. The van der Waals surface area contributed by atoms with E-state index in [9.17, 15) is 9.18 Å². The van der Waals surface area contributed by atoms with E-state index in [1.54, 1.807) is 23.9 Å². The molecule has 2 aromatic carbocycles. The number of rotatable bonds is 5. The molecule has 3 aromatic rings. The molecular formula is C21H19ClFN3OS. The van der Waals surface area contributed by atoms with Crippen molar-refractivity contribution in [3.05, 3.63) is 75.3 Å². The molecule has 0 saturated carbocycles. The van der Waals surface area contributed by atoms with E-state index in [4.69, 9.17) is 11.6 Å². The van der Waals surface area contributed by atoms with Crippen LogP contribution in [0.2, 0.25) is 5.02 Å². The number of nitrogens with one attached hydrogen (secondary N) is 1. The van der Waals surface area contributed by atoms with Crippen molar-refractivity contribution in [3.63, 3.8) is 0 Å². The van der Waals surface area contributed by atoms with Crippen LogP contribution in [0.3, 0.4) is 0 Å². The van der Waals surface area contributed by atoms with Gasteiger partial charge in [-0.3, -0.25) is 9.79 Å². The Morgan fingerprint density at radius 2 is 2.07 bits per heavy atom. The van der Waals surface area contributed by atoms with Gasteiger partial charge in [-0.1, -0.05) is 29.8 Å². The van der Waals surface area contributed by atoms with Crippen molar-refractivity contribution in [1.82, 2.24) is 4.98 Å². The Hall–Kier alpha value is -2.31. The SMILES string of the molecule is CC1N=CSC1CN(Cc1cc(=O)[nH]c2c(F)cccc12)c1cccc(Cl)c1. The monoisotopic (exact) mass is 415 g/mol. The van der Waals surface area contributed by atoms with E-state index in [0.29, 0.717) is 22.2 Å². The first-order valence-corrected chi connectivity index (χ1v) is 10.3. The van der Waals surface area contributed by atoms with E-state index in [1.807, 2.05) is 35.9 Å². The van der Waals surface area contributed by atoms with Crippen LogP contribution in [-0.2, 0) is 6.54 Å². The average molecular weight is 416 g/mol. The zero-order valence-corrected chi connectivity index (χ0v) is 16.8. The molecule has 0 aliphatic carbocycles. The maximum absolute atomic E-state index is 14.2. The molecule has 0 saturated heterocycles. The molecule has 2 atom stereocenters. The van der Waals surface area contributed by atoms with Gasteiger partial charge in [0.2, 0.25) is 5.56 Å². The van der Waals surface area contributed by atoms with Gasteiger partial charge in [0, 0.05) is 35.3 Å². The minimum Gasteiger partial charge on any atom is -0.366 e. The number of para-hydroxylation sites is 1. The number of hydrogen-bond donors (Lipinski definition) is 1. The molecule has 0 amide bonds. The molecule has 1 aromatic heterocycles. The summed E-state index contributed by atoms with van der Waals surface area (Å²) >= 11 is 7.92. The predicted molar refractivity (Wildman–Crippen MR) is 116 cm³/mol. The molecule has 2 heterocycles. The van der Waals surface area contributed by atoms with Gasteiger partial charge >= 0.3 is 0 Å². The molecule has 0 fully saturated rings. The third-order valence-electron chi connectivity index (χ3n) is 4.92. The zero-order chi connectivity index (χ0) is 19.7. The molecule has 0 bridgehead atoms. The number of H-pyrrole nitrogens is 1. The topological polar surface area (TPSA) is 48.5 Å². The summed E-state index contributed by atoms with van der Waals surface area (Å²) in [4.78, 5) is 21.4. The molecule has 4 rings (SSSR count). The van der Waals surface area contributed by atoms with Gasteiger partial charge in [-0.05, 0) is 36.8 Å². The van der Waals surface area contributed by atoms with E-state index < -0.39 is 5.82 Å². The van der Waals surface area contributed by atoms with Gasteiger partial charge in [-0.25, -0.2) is 4.39 Å². The van der Waals surface area contributed by atoms with Gasteiger partial charge in [0.15, 0.2) is 0 Å². The second-order valence-corrected chi connectivity index (χ2v) is 8.38. The highest BCUT2D eigenvalue weighted by molar-refractivity contribution is 8.13. The van der Waals surface area contributed by atoms with Crippen molar-refractivity contribution in [2.24, 2.45) is 4.99 Å². The Morgan fingerprint density at radius 1 is 1.25 bits per heavy atom. The summed E-state index contributed by atoms with van der Waals surface area (Å²) in [5, 5.41) is 1.65. The number of anilines is 1. The molecule has 1 aliphatic heterocycles. The lowest BCUT2D eigenvalue weighted by Crippen LogP contribution is -2.34. The second-order valence-electron chi connectivity index (χ2n) is 6.85. The Labute approximate surface area is 171 Å².